The number of aryl methyl sites for hydroxylation is 3. The fourth-order valence-electron chi connectivity index (χ4n) is 4.00. The predicted octanol–water partition coefficient (Wildman–Crippen LogP) is 3.90. The highest BCUT2D eigenvalue weighted by Gasteiger charge is 2.39. The highest BCUT2D eigenvalue weighted by atomic mass is 16.5. The lowest BCUT2D eigenvalue weighted by Crippen LogP contribution is -2.39. The first-order chi connectivity index (χ1) is 11.6. The molecule has 0 radical (unpaired) electrons. The molecule has 1 aromatic heterocycles. The lowest BCUT2D eigenvalue weighted by Gasteiger charge is -2.36. The molecule has 4 heteroatoms. The molecule has 0 saturated heterocycles. The highest BCUT2D eigenvalue weighted by molar-refractivity contribution is 5.80. The Bertz CT molecular complexity index is 741. The molecular formula is C20H24N2O2. The normalized spacial score (nSPS) is 19.8. The molecule has 0 aliphatic heterocycles. The van der Waals surface area contributed by atoms with Crippen LogP contribution in [-0.2, 0) is 17.6 Å². The highest BCUT2D eigenvalue weighted by Crippen LogP contribution is 2.41. The maximum atomic E-state index is 13.2. The standard InChI is InChI=1S/C20H24N2O2/c1-13-18(14(2)24-21-13)12-20(23)22(16-10-11-16)19-9-5-7-15-6-3-4-8-17(15)19/h3-4,6,8,16,19H,5,7,9-12H2,1-2H3. The number of fused-ring (bicyclic) bond motifs is 1. The number of nitrogens with zero attached hydrogens (tertiary/aromatic N) is 2. The number of amides is 1. The van der Waals surface area contributed by atoms with Crippen LogP contribution in [0.1, 0.15) is 59.9 Å². The minimum Gasteiger partial charge on any atom is -0.361 e. The van der Waals surface area contributed by atoms with E-state index >= 15 is 0 Å². The number of rotatable bonds is 4. The van der Waals surface area contributed by atoms with E-state index in [9.17, 15) is 4.79 Å². The minimum absolute atomic E-state index is 0.216. The number of benzene rings is 1. The van der Waals surface area contributed by atoms with Crippen molar-refractivity contribution in [3.05, 3.63) is 52.4 Å². The summed E-state index contributed by atoms with van der Waals surface area (Å²) in [6, 6.07) is 9.27. The van der Waals surface area contributed by atoms with Crippen LogP contribution in [0.15, 0.2) is 28.8 Å². The predicted molar refractivity (Wildman–Crippen MR) is 91.7 cm³/mol. The van der Waals surface area contributed by atoms with Gasteiger partial charge in [0.1, 0.15) is 5.76 Å². The number of hydrogen-bond acceptors (Lipinski definition) is 3. The van der Waals surface area contributed by atoms with Gasteiger partial charge >= 0.3 is 0 Å². The molecule has 4 nitrogen and oxygen atoms in total. The van der Waals surface area contributed by atoms with Crippen LogP contribution in [0, 0.1) is 13.8 Å². The molecule has 24 heavy (non-hydrogen) atoms. The van der Waals surface area contributed by atoms with Crippen molar-refractivity contribution in [2.24, 2.45) is 0 Å². The Morgan fingerprint density at radius 1 is 1.25 bits per heavy atom. The SMILES string of the molecule is Cc1noc(C)c1CC(=O)N(C1CC1)C1CCCc2ccccc21. The van der Waals surface area contributed by atoms with Crippen LogP contribution in [0.3, 0.4) is 0 Å². The average Bonchev–Trinajstić information content (AvgIpc) is 3.37. The van der Waals surface area contributed by atoms with Crippen LogP contribution >= 0.6 is 0 Å². The summed E-state index contributed by atoms with van der Waals surface area (Å²) in [6.07, 6.45) is 6.02. The van der Waals surface area contributed by atoms with E-state index in [1.165, 1.54) is 11.1 Å². The molecule has 126 valence electrons. The van der Waals surface area contributed by atoms with Gasteiger partial charge in [-0.1, -0.05) is 29.4 Å². The van der Waals surface area contributed by atoms with Gasteiger partial charge in [0.15, 0.2) is 0 Å². The first kappa shape index (κ1) is 15.4. The van der Waals surface area contributed by atoms with E-state index in [1.807, 2.05) is 13.8 Å². The van der Waals surface area contributed by atoms with Gasteiger partial charge in [-0.3, -0.25) is 4.79 Å². The van der Waals surface area contributed by atoms with Crippen molar-refractivity contribution in [1.29, 1.82) is 0 Å². The Hall–Kier alpha value is -2.10. The zero-order chi connectivity index (χ0) is 16.7. The second kappa shape index (κ2) is 6.08. The average molecular weight is 324 g/mol. The minimum atomic E-state index is 0.216. The van der Waals surface area contributed by atoms with Gasteiger partial charge in [0.2, 0.25) is 5.91 Å². The third-order valence-corrected chi connectivity index (χ3v) is 5.41. The van der Waals surface area contributed by atoms with E-state index in [1.54, 1.807) is 0 Å². The summed E-state index contributed by atoms with van der Waals surface area (Å²) in [4.78, 5) is 15.3. The summed E-state index contributed by atoms with van der Waals surface area (Å²) >= 11 is 0. The maximum absolute atomic E-state index is 13.2. The Labute approximate surface area is 142 Å². The molecule has 0 N–H and O–H groups in total. The first-order valence-corrected chi connectivity index (χ1v) is 8.96. The Balaban J connectivity index is 1.63. The van der Waals surface area contributed by atoms with Gasteiger partial charge in [0, 0.05) is 11.6 Å². The van der Waals surface area contributed by atoms with Crippen molar-refractivity contribution in [2.45, 2.75) is 64.5 Å². The Morgan fingerprint density at radius 2 is 2.04 bits per heavy atom. The largest absolute Gasteiger partial charge is 0.361 e. The third kappa shape index (κ3) is 2.74. The molecule has 1 amide bonds. The second-order valence-corrected chi connectivity index (χ2v) is 7.12. The molecular weight excluding hydrogens is 300 g/mol. The van der Waals surface area contributed by atoms with Crippen molar-refractivity contribution in [2.75, 3.05) is 0 Å². The van der Waals surface area contributed by atoms with Crippen molar-refractivity contribution in [3.63, 3.8) is 0 Å². The summed E-state index contributed by atoms with van der Waals surface area (Å²) in [7, 11) is 0. The van der Waals surface area contributed by atoms with Gasteiger partial charge in [-0.15, -0.1) is 0 Å². The van der Waals surface area contributed by atoms with E-state index in [4.69, 9.17) is 4.52 Å². The van der Waals surface area contributed by atoms with Gasteiger partial charge < -0.3 is 9.42 Å². The molecule has 0 bridgehead atoms. The van der Waals surface area contributed by atoms with Gasteiger partial charge in [-0.2, -0.15) is 0 Å². The lowest BCUT2D eigenvalue weighted by atomic mass is 9.86. The molecule has 2 aromatic rings. The van der Waals surface area contributed by atoms with Crippen LogP contribution in [0.4, 0.5) is 0 Å². The topological polar surface area (TPSA) is 46.3 Å². The van der Waals surface area contributed by atoms with Crippen LogP contribution in [0.2, 0.25) is 0 Å². The summed E-state index contributed by atoms with van der Waals surface area (Å²) in [6.45, 7) is 3.80. The molecule has 1 atom stereocenters. The zero-order valence-corrected chi connectivity index (χ0v) is 14.4. The van der Waals surface area contributed by atoms with E-state index < -0.39 is 0 Å². The number of hydrogen-bond donors (Lipinski definition) is 0. The second-order valence-electron chi connectivity index (χ2n) is 7.12. The molecule has 1 fully saturated rings. The van der Waals surface area contributed by atoms with E-state index in [0.717, 1.165) is 49.1 Å². The molecule has 2 aliphatic carbocycles. The summed E-state index contributed by atoms with van der Waals surface area (Å²) in [5, 5.41) is 3.99. The Kier molecular flexibility index (Phi) is 3.91. The molecule has 4 rings (SSSR count). The lowest BCUT2D eigenvalue weighted by molar-refractivity contribution is -0.134. The smallest absolute Gasteiger partial charge is 0.227 e. The third-order valence-electron chi connectivity index (χ3n) is 5.41. The first-order valence-electron chi connectivity index (χ1n) is 8.96. The van der Waals surface area contributed by atoms with Crippen LogP contribution in [0.5, 0.6) is 0 Å². The molecule has 1 unspecified atom stereocenters. The molecule has 1 saturated carbocycles. The maximum Gasteiger partial charge on any atom is 0.227 e. The van der Waals surface area contributed by atoms with Gasteiger partial charge in [-0.25, -0.2) is 0 Å². The van der Waals surface area contributed by atoms with Gasteiger partial charge in [0.25, 0.3) is 0 Å². The van der Waals surface area contributed by atoms with Crippen LogP contribution in [0.25, 0.3) is 0 Å². The van der Waals surface area contributed by atoms with Crippen molar-refractivity contribution in [3.8, 4) is 0 Å². The number of carbonyl (C=O) groups excluding carboxylic acids is 1. The molecule has 1 heterocycles. The quantitative estimate of drug-likeness (QED) is 0.857. The van der Waals surface area contributed by atoms with Crippen molar-refractivity contribution >= 4 is 5.91 Å². The molecule has 2 aliphatic rings. The Morgan fingerprint density at radius 3 is 2.75 bits per heavy atom. The monoisotopic (exact) mass is 324 g/mol. The van der Waals surface area contributed by atoms with E-state index in [0.29, 0.717) is 12.5 Å². The van der Waals surface area contributed by atoms with E-state index in [-0.39, 0.29) is 11.9 Å². The summed E-state index contributed by atoms with van der Waals surface area (Å²) in [5.74, 6) is 0.981. The fourth-order valence-corrected chi connectivity index (χ4v) is 4.00. The van der Waals surface area contributed by atoms with Crippen molar-refractivity contribution in [1.82, 2.24) is 10.1 Å². The molecule has 1 aromatic carbocycles. The van der Waals surface area contributed by atoms with Crippen LogP contribution < -0.4 is 0 Å². The molecule has 0 spiro atoms. The van der Waals surface area contributed by atoms with E-state index in [2.05, 4.69) is 34.3 Å². The number of aromatic nitrogens is 1. The zero-order valence-electron chi connectivity index (χ0n) is 14.4. The van der Waals surface area contributed by atoms with Gasteiger partial charge in [-0.05, 0) is 57.1 Å². The number of carbonyl (C=O) groups is 1. The summed E-state index contributed by atoms with van der Waals surface area (Å²) in [5.41, 5.74) is 4.54. The van der Waals surface area contributed by atoms with Gasteiger partial charge in [0.05, 0.1) is 18.2 Å². The fraction of sp³-hybridized carbons (Fsp3) is 0.500. The van der Waals surface area contributed by atoms with Crippen LogP contribution in [-0.4, -0.2) is 22.0 Å². The summed E-state index contributed by atoms with van der Waals surface area (Å²) < 4.78 is 5.23. The van der Waals surface area contributed by atoms with Crippen molar-refractivity contribution < 1.29 is 9.32 Å².